The average Bonchev–Trinajstić information content (AvgIpc) is 3.04. The van der Waals surface area contributed by atoms with Gasteiger partial charge in [0.05, 0.1) is 11.3 Å². The molecular formula is C22H14NNaO9S2. The van der Waals surface area contributed by atoms with Crippen LogP contribution in [0.25, 0.3) is 0 Å². The Balaban J connectivity index is 0.00000289. The normalized spacial score (nSPS) is 14.6. The van der Waals surface area contributed by atoms with E-state index in [2.05, 4.69) is 5.32 Å². The molecule has 1 amide bonds. The van der Waals surface area contributed by atoms with E-state index in [1.807, 2.05) is 0 Å². The third-order valence-corrected chi connectivity index (χ3v) is 7.28. The molecule has 13 heteroatoms. The molecule has 2 aliphatic heterocycles. The largest absolute Gasteiger partial charge is 1.00 e. The topological polar surface area (TPSA) is 162 Å². The van der Waals surface area contributed by atoms with Gasteiger partial charge in [-0.25, -0.2) is 13.2 Å². The Morgan fingerprint density at radius 1 is 0.971 bits per heavy atom. The molecule has 0 bridgehead atoms. The van der Waals surface area contributed by atoms with Gasteiger partial charge in [0.25, 0.3) is 0 Å². The molecule has 35 heavy (non-hydrogen) atoms. The Morgan fingerprint density at radius 2 is 1.54 bits per heavy atom. The number of carbonyl (C=O) groups excluding carboxylic acids is 2. The molecule has 3 aromatic carbocycles. The van der Waals surface area contributed by atoms with Crippen molar-refractivity contribution in [2.45, 2.75) is 5.60 Å². The first-order chi connectivity index (χ1) is 16.1. The number of amides is 1. The number of phenolic OH excluding ortho intramolecular Hbond substituents is 2. The Bertz CT molecular complexity index is 1440. The predicted molar refractivity (Wildman–Crippen MR) is 119 cm³/mol. The minimum Gasteiger partial charge on any atom is -0.739 e. The van der Waals surface area contributed by atoms with Crippen molar-refractivity contribution in [3.05, 3.63) is 76.9 Å². The summed E-state index contributed by atoms with van der Waals surface area (Å²) in [5.74, 6) is -1.72. The maximum Gasteiger partial charge on any atom is 1.00 e. The van der Waals surface area contributed by atoms with Gasteiger partial charge in [0.2, 0.25) is 5.91 Å². The van der Waals surface area contributed by atoms with Gasteiger partial charge in [-0.05, 0) is 47.2 Å². The van der Waals surface area contributed by atoms with E-state index < -0.39 is 32.4 Å². The first-order valence-corrected chi connectivity index (χ1v) is 12.6. The van der Waals surface area contributed by atoms with E-state index >= 15 is 0 Å². The van der Waals surface area contributed by atoms with Crippen LogP contribution in [0, 0.1) is 0 Å². The van der Waals surface area contributed by atoms with Gasteiger partial charge in [0.15, 0.2) is 5.60 Å². The fraction of sp³-hybridized carbons (Fsp3) is 0.0909. The standard InChI is InChI=1S/C22H15NO9S2.Na/c24-12-2-5-16-18(8-12)31-19-9-13(25)3-6-17(19)22(16)15-4-1-11(7-14(15)21(27)32-22)23-20(26)10-33-34(28,29)30;/h1-9,24-25H,10H2,(H,23,26)(H,28,29,30);/q;+1/p-1. The molecule has 0 saturated carbocycles. The van der Waals surface area contributed by atoms with E-state index in [1.54, 1.807) is 18.2 Å². The van der Waals surface area contributed by atoms with Crippen molar-refractivity contribution in [2.24, 2.45) is 0 Å². The summed E-state index contributed by atoms with van der Waals surface area (Å²) in [6, 6.07) is 13.2. The monoisotopic (exact) mass is 523 g/mol. The van der Waals surface area contributed by atoms with E-state index in [1.165, 1.54) is 36.4 Å². The zero-order valence-corrected chi connectivity index (χ0v) is 21.6. The number of nitrogens with one attached hydrogen (secondary N) is 1. The molecule has 3 aromatic rings. The van der Waals surface area contributed by atoms with Gasteiger partial charge in [0.1, 0.15) is 32.1 Å². The summed E-state index contributed by atoms with van der Waals surface area (Å²) >= 11 is 0. The van der Waals surface area contributed by atoms with E-state index in [-0.39, 0.29) is 74.6 Å². The van der Waals surface area contributed by atoms with Crippen molar-refractivity contribution in [2.75, 3.05) is 11.1 Å². The van der Waals surface area contributed by atoms with Crippen LogP contribution in [0.3, 0.4) is 0 Å². The zero-order chi connectivity index (χ0) is 24.3. The van der Waals surface area contributed by atoms with Gasteiger partial charge in [-0.1, -0.05) is 6.07 Å². The van der Waals surface area contributed by atoms with E-state index in [0.29, 0.717) is 16.7 Å². The van der Waals surface area contributed by atoms with Crippen molar-refractivity contribution < 1.29 is 71.8 Å². The second-order valence-electron chi connectivity index (χ2n) is 7.51. The molecule has 0 fully saturated rings. The first kappa shape index (κ1) is 25.4. The average molecular weight is 523 g/mol. The number of carbonyl (C=O) groups is 2. The van der Waals surface area contributed by atoms with Gasteiger partial charge in [0, 0.05) is 34.5 Å². The molecule has 10 nitrogen and oxygen atoms in total. The second-order valence-corrected chi connectivity index (χ2v) is 10.8. The van der Waals surface area contributed by atoms with Crippen LogP contribution in [-0.2, 0) is 24.3 Å². The molecule has 174 valence electrons. The molecule has 3 N–H and O–H groups in total. The predicted octanol–water partition coefficient (Wildman–Crippen LogP) is -0.198. The van der Waals surface area contributed by atoms with Crippen LogP contribution in [0.15, 0.2) is 54.6 Å². The minimum absolute atomic E-state index is 0. The molecule has 0 unspecified atom stereocenters. The fourth-order valence-electron chi connectivity index (χ4n) is 4.11. The smallest absolute Gasteiger partial charge is 0.739 e. The third kappa shape index (κ3) is 4.48. The molecule has 0 aromatic heterocycles. The van der Waals surface area contributed by atoms with E-state index in [4.69, 9.17) is 9.47 Å². The maximum absolute atomic E-state index is 13.0. The van der Waals surface area contributed by atoms with Gasteiger partial charge < -0.3 is 29.6 Å². The van der Waals surface area contributed by atoms with Crippen LogP contribution < -0.4 is 39.6 Å². The van der Waals surface area contributed by atoms with Crippen LogP contribution in [-0.4, -0.2) is 40.8 Å². The molecular weight excluding hydrogens is 509 g/mol. The number of aromatic hydroxyl groups is 2. The number of anilines is 1. The molecule has 5 rings (SSSR count). The molecule has 0 saturated heterocycles. The Kier molecular flexibility index (Phi) is 6.55. The first-order valence-electron chi connectivity index (χ1n) is 9.69. The number of hydrogen-bond acceptors (Lipinski definition) is 10. The van der Waals surface area contributed by atoms with E-state index in [0.717, 1.165) is 0 Å². The van der Waals surface area contributed by atoms with Crippen molar-refractivity contribution in [3.8, 4) is 23.0 Å². The summed E-state index contributed by atoms with van der Waals surface area (Å²) < 4.78 is 44.0. The van der Waals surface area contributed by atoms with Crippen LogP contribution in [0.4, 0.5) is 5.69 Å². The van der Waals surface area contributed by atoms with Crippen LogP contribution in [0.1, 0.15) is 27.0 Å². The van der Waals surface area contributed by atoms with Crippen molar-refractivity contribution >= 4 is 37.5 Å². The summed E-state index contributed by atoms with van der Waals surface area (Å²) in [4.78, 5) is 25.0. The summed E-state index contributed by atoms with van der Waals surface area (Å²) in [5, 5.41) is 22.3. The number of fused-ring (bicyclic) bond motifs is 6. The van der Waals surface area contributed by atoms with Gasteiger partial charge in [-0.3, -0.25) is 4.79 Å². The van der Waals surface area contributed by atoms with Crippen molar-refractivity contribution in [3.63, 3.8) is 0 Å². The van der Waals surface area contributed by atoms with Crippen LogP contribution in [0.5, 0.6) is 23.0 Å². The summed E-state index contributed by atoms with van der Waals surface area (Å²) in [5.41, 5.74) is 0.238. The Morgan fingerprint density at radius 3 is 2.11 bits per heavy atom. The third-order valence-electron chi connectivity index (χ3n) is 5.39. The minimum atomic E-state index is -4.63. The SMILES string of the molecule is O=C(CSS(=O)(=O)[O-])Nc1ccc2c(c1)C(=O)OC21c2ccc(O)cc2Oc2cc(O)ccc21.[Na+]. The molecule has 0 aliphatic carbocycles. The number of hydrogen-bond donors (Lipinski definition) is 3. The van der Waals surface area contributed by atoms with E-state index in [9.17, 15) is 32.8 Å². The molecule has 0 atom stereocenters. The van der Waals surface area contributed by atoms with Gasteiger partial charge in [-0.15, -0.1) is 0 Å². The molecule has 0 radical (unpaired) electrons. The number of rotatable bonds is 4. The summed E-state index contributed by atoms with van der Waals surface area (Å²) in [6.07, 6.45) is 0. The van der Waals surface area contributed by atoms with Gasteiger partial charge >= 0.3 is 35.5 Å². The number of ether oxygens (including phenoxy) is 2. The van der Waals surface area contributed by atoms with Gasteiger partial charge in [-0.2, -0.15) is 0 Å². The Hall–Kier alpha value is -2.74. The second kappa shape index (κ2) is 9.04. The summed E-state index contributed by atoms with van der Waals surface area (Å²) in [7, 11) is -4.68. The molecule has 2 aliphatic rings. The van der Waals surface area contributed by atoms with Crippen LogP contribution in [0.2, 0.25) is 0 Å². The quantitative estimate of drug-likeness (QED) is 0.181. The van der Waals surface area contributed by atoms with Crippen molar-refractivity contribution in [1.82, 2.24) is 0 Å². The molecule has 1 spiro atoms. The summed E-state index contributed by atoms with van der Waals surface area (Å²) in [6.45, 7) is 0. The zero-order valence-electron chi connectivity index (χ0n) is 18.0. The van der Waals surface area contributed by atoms with Crippen LogP contribution >= 0.6 is 10.8 Å². The number of esters is 1. The number of phenols is 2. The maximum atomic E-state index is 13.0. The number of benzene rings is 3. The van der Waals surface area contributed by atoms with Crippen molar-refractivity contribution in [1.29, 1.82) is 0 Å². The molecule has 2 heterocycles. The Labute approximate surface area is 224 Å². The fourth-order valence-corrected chi connectivity index (χ4v) is 5.18.